The van der Waals surface area contributed by atoms with Crippen molar-refractivity contribution in [3.05, 3.63) is 51.7 Å². The van der Waals surface area contributed by atoms with Crippen molar-refractivity contribution in [1.29, 1.82) is 0 Å². The van der Waals surface area contributed by atoms with E-state index in [2.05, 4.69) is 10.00 Å². The topological polar surface area (TPSA) is 38.1 Å². The van der Waals surface area contributed by atoms with E-state index in [4.69, 9.17) is 11.6 Å². The maximum Gasteiger partial charge on any atom is 0.292 e. The van der Waals surface area contributed by atoms with Gasteiger partial charge in [-0.2, -0.15) is 9.78 Å². The molecule has 0 radical (unpaired) electrons. The molecule has 0 bridgehead atoms. The van der Waals surface area contributed by atoms with Gasteiger partial charge in [0.05, 0.1) is 17.6 Å². The van der Waals surface area contributed by atoms with Crippen LogP contribution in [-0.2, 0) is 0 Å². The number of hydrogen-bond acceptors (Lipinski definition) is 3. The molecule has 0 atom stereocenters. The van der Waals surface area contributed by atoms with Crippen molar-refractivity contribution in [2.24, 2.45) is 0 Å². The average Bonchev–Trinajstić information content (AvgIpc) is 2.97. The zero-order chi connectivity index (χ0) is 14.1. The minimum atomic E-state index is -0.386. The summed E-state index contributed by atoms with van der Waals surface area (Å²) in [4.78, 5) is 14.3. The number of benzene rings is 1. The Bertz CT molecular complexity index is 678. The van der Waals surface area contributed by atoms with Gasteiger partial charge >= 0.3 is 0 Å². The second kappa shape index (κ2) is 5.25. The fraction of sp³-hybridized carbons (Fsp3) is 0.286. The standard InChI is InChI=1S/C14H13ClFN3O/c15-13-12(18-7-1-2-8-18)9-17-19(14(13)20)11-5-3-10(16)4-6-11/h3-6,9H,1-2,7-8H2. The Balaban J connectivity index is 2.04. The van der Waals surface area contributed by atoms with Gasteiger partial charge in [-0.15, -0.1) is 0 Å². The molecule has 1 aliphatic rings. The number of aromatic nitrogens is 2. The second-order valence-electron chi connectivity index (χ2n) is 4.73. The van der Waals surface area contributed by atoms with E-state index in [1.54, 1.807) is 6.20 Å². The molecule has 0 spiro atoms. The van der Waals surface area contributed by atoms with Gasteiger partial charge in [0.2, 0.25) is 0 Å². The van der Waals surface area contributed by atoms with E-state index in [0.717, 1.165) is 25.9 Å². The Hall–Kier alpha value is -1.88. The maximum absolute atomic E-state index is 12.9. The Kier molecular flexibility index (Phi) is 3.44. The molecule has 2 heterocycles. The van der Waals surface area contributed by atoms with Crippen molar-refractivity contribution in [2.75, 3.05) is 18.0 Å². The molecule has 1 saturated heterocycles. The van der Waals surface area contributed by atoms with Crippen LogP contribution in [0.1, 0.15) is 12.8 Å². The Morgan fingerprint density at radius 1 is 1.15 bits per heavy atom. The molecular weight excluding hydrogens is 281 g/mol. The molecule has 104 valence electrons. The van der Waals surface area contributed by atoms with Crippen molar-refractivity contribution in [3.63, 3.8) is 0 Å². The summed E-state index contributed by atoms with van der Waals surface area (Å²) >= 11 is 6.17. The Labute approximate surface area is 120 Å². The highest BCUT2D eigenvalue weighted by atomic mass is 35.5. The summed E-state index contributed by atoms with van der Waals surface area (Å²) in [5.74, 6) is -0.360. The summed E-state index contributed by atoms with van der Waals surface area (Å²) in [6.45, 7) is 1.78. The molecule has 1 aliphatic heterocycles. The van der Waals surface area contributed by atoms with Crippen LogP contribution in [0.5, 0.6) is 0 Å². The van der Waals surface area contributed by atoms with Gasteiger partial charge in [-0.05, 0) is 37.1 Å². The number of halogens is 2. The normalized spacial score (nSPS) is 14.8. The van der Waals surface area contributed by atoms with Gasteiger partial charge in [-0.1, -0.05) is 11.6 Å². The minimum Gasteiger partial charge on any atom is -0.369 e. The highest BCUT2D eigenvalue weighted by Gasteiger charge is 2.19. The first-order valence-corrected chi connectivity index (χ1v) is 6.83. The molecule has 20 heavy (non-hydrogen) atoms. The lowest BCUT2D eigenvalue weighted by molar-refractivity contribution is 0.626. The van der Waals surface area contributed by atoms with Crippen molar-refractivity contribution in [2.45, 2.75) is 12.8 Å². The van der Waals surface area contributed by atoms with E-state index in [-0.39, 0.29) is 16.4 Å². The highest BCUT2D eigenvalue weighted by Crippen LogP contribution is 2.25. The molecule has 2 aromatic rings. The summed E-state index contributed by atoms with van der Waals surface area (Å²) in [5.41, 5.74) is 0.779. The quantitative estimate of drug-likeness (QED) is 0.854. The van der Waals surface area contributed by atoms with E-state index in [1.807, 2.05) is 0 Å². The summed E-state index contributed by atoms with van der Waals surface area (Å²) in [6, 6.07) is 5.56. The van der Waals surface area contributed by atoms with E-state index in [9.17, 15) is 9.18 Å². The predicted molar refractivity (Wildman–Crippen MR) is 76.2 cm³/mol. The van der Waals surface area contributed by atoms with E-state index in [1.165, 1.54) is 28.9 Å². The van der Waals surface area contributed by atoms with Gasteiger partial charge in [0.1, 0.15) is 10.8 Å². The summed E-state index contributed by atoms with van der Waals surface area (Å²) in [7, 11) is 0. The molecule has 0 unspecified atom stereocenters. The average molecular weight is 294 g/mol. The lowest BCUT2D eigenvalue weighted by atomic mass is 10.3. The SMILES string of the molecule is O=c1c(Cl)c(N2CCCC2)cnn1-c1ccc(F)cc1. The number of hydrogen-bond donors (Lipinski definition) is 0. The molecule has 1 aromatic heterocycles. The number of anilines is 1. The Morgan fingerprint density at radius 2 is 1.80 bits per heavy atom. The molecule has 0 amide bonds. The summed E-state index contributed by atoms with van der Waals surface area (Å²) in [6.07, 6.45) is 3.78. The largest absolute Gasteiger partial charge is 0.369 e. The van der Waals surface area contributed by atoms with Crippen LogP contribution < -0.4 is 10.5 Å². The third-order valence-corrected chi connectivity index (χ3v) is 3.77. The van der Waals surface area contributed by atoms with Gasteiger partial charge in [0.25, 0.3) is 5.56 Å². The second-order valence-corrected chi connectivity index (χ2v) is 5.11. The zero-order valence-electron chi connectivity index (χ0n) is 10.7. The molecule has 0 saturated carbocycles. The summed E-state index contributed by atoms with van der Waals surface area (Å²) < 4.78 is 14.1. The number of rotatable bonds is 2. The minimum absolute atomic E-state index is 0.159. The van der Waals surface area contributed by atoms with Gasteiger partial charge in [-0.25, -0.2) is 4.39 Å². The molecule has 0 N–H and O–H groups in total. The van der Waals surface area contributed by atoms with Crippen molar-refractivity contribution >= 4 is 17.3 Å². The number of nitrogens with zero attached hydrogens (tertiary/aromatic N) is 3. The molecule has 4 nitrogen and oxygen atoms in total. The fourth-order valence-corrected chi connectivity index (χ4v) is 2.62. The third-order valence-electron chi connectivity index (χ3n) is 3.42. The molecule has 6 heteroatoms. The van der Waals surface area contributed by atoms with Crippen LogP contribution in [-0.4, -0.2) is 22.9 Å². The van der Waals surface area contributed by atoms with E-state index in [0.29, 0.717) is 11.4 Å². The smallest absolute Gasteiger partial charge is 0.292 e. The molecule has 1 aromatic carbocycles. The van der Waals surface area contributed by atoms with Gasteiger partial charge in [0.15, 0.2) is 0 Å². The highest BCUT2D eigenvalue weighted by molar-refractivity contribution is 6.33. The van der Waals surface area contributed by atoms with Crippen LogP contribution in [0.25, 0.3) is 5.69 Å². The first-order chi connectivity index (χ1) is 9.66. The van der Waals surface area contributed by atoms with Crippen LogP contribution in [0.15, 0.2) is 35.3 Å². The molecule has 3 rings (SSSR count). The van der Waals surface area contributed by atoms with E-state index < -0.39 is 0 Å². The van der Waals surface area contributed by atoms with Crippen molar-refractivity contribution in [3.8, 4) is 5.69 Å². The first kappa shape index (κ1) is 13.1. The van der Waals surface area contributed by atoms with Crippen molar-refractivity contribution < 1.29 is 4.39 Å². The van der Waals surface area contributed by atoms with E-state index >= 15 is 0 Å². The van der Waals surface area contributed by atoms with Gasteiger partial charge in [-0.3, -0.25) is 4.79 Å². The molecule has 0 aliphatic carbocycles. The monoisotopic (exact) mass is 293 g/mol. The zero-order valence-corrected chi connectivity index (χ0v) is 11.5. The fourth-order valence-electron chi connectivity index (χ4n) is 2.37. The van der Waals surface area contributed by atoms with Crippen LogP contribution in [0.2, 0.25) is 5.02 Å². The summed E-state index contributed by atoms with van der Waals surface area (Å²) in [5, 5.41) is 4.30. The van der Waals surface area contributed by atoms with Crippen LogP contribution in [0, 0.1) is 5.82 Å². The lowest BCUT2D eigenvalue weighted by Crippen LogP contribution is -2.26. The van der Waals surface area contributed by atoms with Crippen LogP contribution in [0.4, 0.5) is 10.1 Å². The Morgan fingerprint density at radius 3 is 2.45 bits per heavy atom. The molecular formula is C14H13ClFN3O. The molecule has 1 fully saturated rings. The van der Waals surface area contributed by atoms with Gasteiger partial charge < -0.3 is 4.90 Å². The van der Waals surface area contributed by atoms with Crippen LogP contribution in [0.3, 0.4) is 0 Å². The van der Waals surface area contributed by atoms with Gasteiger partial charge in [0, 0.05) is 13.1 Å². The predicted octanol–water partition coefficient (Wildman–Crippen LogP) is 2.63. The maximum atomic E-state index is 12.9. The first-order valence-electron chi connectivity index (χ1n) is 6.45. The van der Waals surface area contributed by atoms with Crippen LogP contribution >= 0.6 is 11.6 Å². The lowest BCUT2D eigenvalue weighted by Gasteiger charge is -2.18. The third kappa shape index (κ3) is 2.29. The van der Waals surface area contributed by atoms with Crippen molar-refractivity contribution in [1.82, 2.24) is 9.78 Å².